The highest BCUT2D eigenvalue weighted by Crippen LogP contribution is 2.46. The summed E-state index contributed by atoms with van der Waals surface area (Å²) >= 11 is 3.75. The molecule has 3 aromatic rings. The van der Waals surface area contributed by atoms with E-state index in [1.807, 2.05) is 23.1 Å². The number of nitrogens with zero attached hydrogens (tertiary/aromatic N) is 2. The largest absolute Gasteiger partial charge is 0.335 e. The molecule has 2 heterocycles. The van der Waals surface area contributed by atoms with Crippen LogP contribution in [0.2, 0.25) is 0 Å². The molecule has 0 unspecified atom stereocenters. The van der Waals surface area contributed by atoms with E-state index in [-0.39, 0.29) is 0 Å². The first-order valence-electron chi connectivity index (χ1n) is 12.5. The second kappa shape index (κ2) is 12.2. The van der Waals surface area contributed by atoms with E-state index in [1.54, 1.807) is 0 Å². The Morgan fingerprint density at radius 2 is 1.80 bits per heavy atom. The summed E-state index contributed by atoms with van der Waals surface area (Å²) < 4.78 is 2.36. The van der Waals surface area contributed by atoms with Gasteiger partial charge in [-0.15, -0.1) is 0 Å². The zero-order valence-corrected chi connectivity index (χ0v) is 22.8. The third-order valence-corrected chi connectivity index (χ3v) is 8.17. The Hall–Kier alpha value is -2.82. The number of hydrogen-bond acceptors (Lipinski definition) is 3. The summed E-state index contributed by atoms with van der Waals surface area (Å²) in [6.07, 6.45) is 17.9. The van der Waals surface area contributed by atoms with Gasteiger partial charge in [-0.2, -0.15) is 4.57 Å². The lowest BCUT2D eigenvalue weighted by Gasteiger charge is -2.18. The van der Waals surface area contributed by atoms with Crippen molar-refractivity contribution < 1.29 is 4.57 Å². The molecule has 35 heavy (non-hydrogen) atoms. The maximum Gasteiger partial charge on any atom is 0.262 e. The van der Waals surface area contributed by atoms with Gasteiger partial charge in [-0.05, 0) is 74.6 Å². The van der Waals surface area contributed by atoms with Crippen LogP contribution in [0.4, 0.5) is 5.69 Å². The monoisotopic (exact) mass is 499 g/mol. The smallest absolute Gasteiger partial charge is 0.262 e. The maximum absolute atomic E-state index is 2.44. The maximum atomic E-state index is 2.44. The van der Waals surface area contributed by atoms with Crippen LogP contribution in [-0.2, 0) is 6.54 Å². The fourth-order valence-corrected chi connectivity index (χ4v) is 6.38. The van der Waals surface area contributed by atoms with Gasteiger partial charge in [0.2, 0.25) is 0 Å². The summed E-state index contributed by atoms with van der Waals surface area (Å²) in [6, 6.07) is 17.2. The van der Waals surface area contributed by atoms with Crippen LogP contribution in [0.15, 0.2) is 88.5 Å². The molecule has 180 valence electrons. The highest BCUT2D eigenvalue weighted by Gasteiger charge is 2.24. The molecule has 1 aromatic heterocycles. The Kier molecular flexibility index (Phi) is 8.84. The van der Waals surface area contributed by atoms with Crippen molar-refractivity contribution in [1.29, 1.82) is 0 Å². The minimum absolute atomic E-state index is 0.931. The molecule has 0 radical (unpaired) electrons. The van der Waals surface area contributed by atoms with Gasteiger partial charge >= 0.3 is 0 Å². The van der Waals surface area contributed by atoms with Crippen LogP contribution in [0.3, 0.4) is 0 Å². The fourth-order valence-electron chi connectivity index (χ4n) is 4.10. The number of fused-ring (bicyclic) bond motifs is 1. The molecule has 0 fully saturated rings. The third-order valence-electron chi connectivity index (χ3n) is 6.02. The van der Waals surface area contributed by atoms with E-state index >= 15 is 0 Å². The topological polar surface area (TPSA) is 7.12 Å². The fraction of sp³-hybridized carbons (Fsp3) is 0.258. The quantitative estimate of drug-likeness (QED) is 0.272. The number of aromatic nitrogens is 1. The highest BCUT2D eigenvalue weighted by molar-refractivity contribution is 8.03. The van der Waals surface area contributed by atoms with E-state index in [0.717, 1.165) is 25.9 Å². The predicted molar refractivity (Wildman–Crippen MR) is 156 cm³/mol. The van der Waals surface area contributed by atoms with Gasteiger partial charge in [0.15, 0.2) is 6.20 Å². The summed E-state index contributed by atoms with van der Waals surface area (Å²) in [5.41, 5.74) is 5.26. The lowest BCUT2D eigenvalue weighted by Crippen LogP contribution is -2.32. The molecule has 1 aliphatic heterocycles. The number of aryl methyl sites for hydroxylation is 2. The number of benzene rings is 2. The SMILES string of the molecule is CCC(=C/c1sc(C=CCC=Cc2ccccc2)c[n+]1CC)/C=C1\Sc2ccc(C)cc2N1CC. The predicted octanol–water partition coefficient (Wildman–Crippen LogP) is 8.75. The molecule has 0 saturated carbocycles. The highest BCUT2D eigenvalue weighted by atomic mass is 32.2. The van der Waals surface area contributed by atoms with Crippen molar-refractivity contribution >= 4 is 47.0 Å². The summed E-state index contributed by atoms with van der Waals surface area (Å²) in [6.45, 7) is 10.8. The van der Waals surface area contributed by atoms with Crippen LogP contribution in [0, 0.1) is 6.92 Å². The van der Waals surface area contributed by atoms with Crippen LogP contribution in [-0.4, -0.2) is 6.54 Å². The first-order chi connectivity index (χ1) is 17.1. The molecular weight excluding hydrogens is 464 g/mol. The summed E-state index contributed by atoms with van der Waals surface area (Å²) in [5, 5.41) is 2.63. The summed E-state index contributed by atoms with van der Waals surface area (Å²) in [4.78, 5) is 5.09. The molecule has 0 N–H and O–H groups in total. The molecule has 4 heteroatoms. The van der Waals surface area contributed by atoms with Crippen molar-refractivity contribution in [3.8, 4) is 0 Å². The van der Waals surface area contributed by atoms with Gasteiger partial charge in [-0.3, -0.25) is 0 Å². The van der Waals surface area contributed by atoms with E-state index in [1.165, 1.54) is 42.2 Å². The summed E-state index contributed by atoms with van der Waals surface area (Å²) in [7, 11) is 0. The van der Waals surface area contributed by atoms with Gasteiger partial charge in [-0.1, -0.05) is 84.6 Å². The standard InChI is InChI=1S/C31H35N2S2/c1-5-25(22-31-33(7-3)28-20-24(4)18-19-29(28)35-31)21-30-32(6-2)23-27(34-30)17-13-9-12-16-26-14-10-8-11-15-26/h8,10-23H,5-7,9H2,1-4H3/q+1. The van der Waals surface area contributed by atoms with Gasteiger partial charge in [0.25, 0.3) is 5.01 Å². The van der Waals surface area contributed by atoms with Crippen LogP contribution in [0.25, 0.3) is 18.2 Å². The van der Waals surface area contributed by atoms with Gasteiger partial charge in [0.05, 0.1) is 15.6 Å². The van der Waals surface area contributed by atoms with Gasteiger partial charge in [-0.25, -0.2) is 0 Å². The average Bonchev–Trinajstić information content (AvgIpc) is 3.43. The number of anilines is 1. The molecule has 4 rings (SSSR count). The van der Waals surface area contributed by atoms with E-state index < -0.39 is 0 Å². The molecule has 0 amide bonds. The van der Waals surface area contributed by atoms with Crippen molar-refractivity contribution in [2.24, 2.45) is 0 Å². The van der Waals surface area contributed by atoms with Crippen LogP contribution in [0.5, 0.6) is 0 Å². The summed E-state index contributed by atoms with van der Waals surface area (Å²) in [5.74, 6) is 0. The molecule has 2 nitrogen and oxygen atoms in total. The Balaban J connectivity index is 1.50. The Bertz CT molecular complexity index is 1260. The number of hydrogen-bond donors (Lipinski definition) is 0. The third kappa shape index (κ3) is 6.45. The number of thiazole rings is 1. The lowest BCUT2D eigenvalue weighted by molar-refractivity contribution is -0.690. The molecule has 0 aliphatic carbocycles. The molecular formula is C31H35N2S2+. The molecule has 0 saturated heterocycles. The molecule has 0 bridgehead atoms. The van der Waals surface area contributed by atoms with Crippen LogP contribution < -0.4 is 9.47 Å². The zero-order chi connectivity index (χ0) is 24.6. The van der Waals surface area contributed by atoms with Crippen molar-refractivity contribution in [2.45, 2.75) is 52.0 Å². The Morgan fingerprint density at radius 3 is 2.54 bits per heavy atom. The molecule has 2 aromatic carbocycles. The van der Waals surface area contributed by atoms with Crippen molar-refractivity contribution in [2.75, 3.05) is 11.4 Å². The van der Waals surface area contributed by atoms with E-state index in [9.17, 15) is 0 Å². The first-order valence-corrected chi connectivity index (χ1v) is 14.1. The average molecular weight is 500 g/mol. The van der Waals surface area contributed by atoms with E-state index in [0.29, 0.717) is 0 Å². The Morgan fingerprint density at radius 1 is 1.00 bits per heavy atom. The number of allylic oxidation sites excluding steroid dienone is 4. The van der Waals surface area contributed by atoms with Crippen molar-refractivity contribution in [3.05, 3.63) is 105 Å². The molecule has 0 spiro atoms. The van der Waals surface area contributed by atoms with Gasteiger partial charge in [0, 0.05) is 17.5 Å². The van der Waals surface area contributed by atoms with E-state index in [2.05, 4.69) is 128 Å². The van der Waals surface area contributed by atoms with Gasteiger partial charge in [0.1, 0.15) is 6.54 Å². The van der Waals surface area contributed by atoms with Crippen molar-refractivity contribution in [1.82, 2.24) is 0 Å². The lowest BCUT2D eigenvalue weighted by atomic mass is 10.2. The van der Waals surface area contributed by atoms with Crippen LogP contribution in [0.1, 0.15) is 54.6 Å². The molecule has 0 atom stereocenters. The number of thioether (sulfide) groups is 1. The number of rotatable bonds is 9. The van der Waals surface area contributed by atoms with Gasteiger partial charge < -0.3 is 4.90 Å². The second-order valence-corrected chi connectivity index (χ2v) is 10.7. The Labute approximate surface area is 219 Å². The normalized spacial score (nSPS) is 15.1. The molecule has 1 aliphatic rings. The second-order valence-electron chi connectivity index (χ2n) is 8.58. The van der Waals surface area contributed by atoms with Crippen LogP contribution >= 0.6 is 23.1 Å². The first kappa shape index (κ1) is 25.3. The minimum atomic E-state index is 0.931. The van der Waals surface area contributed by atoms with E-state index in [4.69, 9.17) is 0 Å². The zero-order valence-electron chi connectivity index (χ0n) is 21.2. The minimum Gasteiger partial charge on any atom is -0.335 e. The van der Waals surface area contributed by atoms with Crippen molar-refractivity contribution in [3.63, 3.8) is 0 Å².